The zero-order valence-corrected chi connectivity index (χ0v) is 9.62. The Kier molecular flexibility index (Phi) is 4.03. The summed E-state index contributed by atoms with van der Waals surface area (Å²) < 4.78 is 0. The molecular weight excluding hydrogens is 206 g/mol. The van der Waals surface area contributed by atoms with Crippen molar-refractivity contribution >= 4 is 11.8 Å². The Morgan fingerprint density at radius 1 is 1.47 bits per heavy atom. The van der Waals surface area contributed by atoms with Gasteiger partial charge in [0, 0.05) is 23.4 Å². The predicted octanol–water partition coefficient (Wildman–Crippen LogP) is 2.79. The van der Waals surface area contributed by atoms with E-state index in [1.54, 1.807) is 12.4 Å². The van der Waals surface area contributed by atoms with E-state index < -0.39 is 0 Å². The van der Waals surface area contributed by atoms with Crippen LogP contribution >= 0.6 is 11.8 Å². The molecule has 1 aliphatic rings. The number of aliphatic hydroxyl groups excluding tert-OH is 1. The van der Waals surface area contributed by atoms with Gasteiger partial charge in [-0.2, -0.15) is 11.8 Å². The standard InChI is InChI=1S/C12H17NOS/c14-12(10-4-3-7-13-8-10)9-15-11-5-1-2-6-11/h3-4,7-8,11-12,14H,1-2,5-6,9H2. The molecule has 0 spiro atoms. The Bertz CT molecular complexity index is 285. The zero-order chi connectivity index (χ0) is 10.5. The zero-order valence-electron chi connectivity index (χ0n) is 8.80. The average Bonchev–Trinajstić information content (AvgIpc) is 2.80. The quantitative estimate of drug-likeness (QED) is 0.852. The monoisotopic (exact) mass is 223 g/mol. The number of nitrogens with zero attached hydrogens (tertiary/aromatic N) is 1. The molecule has 1 heterocycles. The van der Waals surface area contributed by atoms with E-state index in [-0.39, 0.29) is 6.10 Å². The van der Waals surface area contributed by atoms with E-state index in [0.29, 0.717) is 0 Å². The molecule has 1 saturated carbocycles. The van der Waals surface area contributed by atoms with Gasteiger partial charge in [0.25, 0.3) is 0 Å². The van der Waals surface area contributed by atoms with Crippen LogP contribution in [0.5, 0.6) is 0 Å². The summed E-state index contributed by atoms with van der Waals surface area (Å²) in [5, 5.41) is 10.7. The Morgan fingerprint density at radius 2 is 2.27 bits per heavy atom. The van der Waals surface area contributed by atoms with Crippen LogP contribution in [0.25, 0.3) is 0 Å². The van der Waals surface area contributed by atoms with Crippen molar-refractivity contribution in [2.75, 3.05) is 5.75 Å². The van der Waals surface area contributed by atoms with Gasteiger partial charge in [0.05, 0.1) is 6.10 Å². The maximum absolute atomic E-state index is 9.92. The second-order valence-electron chi connectivity index (χ2n) is 4.04. The number of aliphatic hydroxyl groups is 1. The van der Waals surface area contributed by atoms with Gasteiger partial charge in [-0.3, -0.25) is 4.98 Å². The second kappa shape index (κ2) is 5.52. The first-order chi connectivity index (χ1) is 7.36. The van der Waals surface area contributed by atoms with Crippen molar-refractivity contribution in [3.8, 4) is 0 Å². The summed E-state index contributed by atoms with van der Waals surface area (Å²) in [5.74, 6) is 0.802. The summed E-state index contributed by atoms with van der Waals surface area (Å²) in [7, 11) is 0. The molecule has 82 valence electrons. The lowest BCUT2D eigenvalue weighted by atomic mass is 10.2. The van der Waals surface area contributed by atoms with Gasteiger partial charge in [-0.1, -0.05) is 18.9 Å². The van der Waals surface area contributed by atoms with E-state index in [2.05, 4.69) is 4.98 Å². The van der Waals surface area contributed by atoms with Crippen molar-refractivity contribution in [2.24, 2.45) is 0 Å². The SMILES string of the molecule is OC(CSC1CCCC1)c1cccnc1. The highest BCUT2D eigenvalue weighted by molar-refractivity contribution is 7.99. The molecule has 3 heteroatoms. The molecule has 0 saturated heterocycles. The predicted molar refractivity (Wildman–Crippen MR) is 63.9 cm³/mol. The van der Waals surface area contributed by atoms with Crippen LogP contribution in [0.15, 0.2) is 24.5 Å². The van der Waals surface area contributed by atoms with Gasteiger partial charge in [0.15, 0.2) is 0 Å². The number of rotatable bonds is 4. The van der Waals surface area contributed by atoms with Crippen LogP contribution in [0.4, 0.5) is 0 Å². The number of hydrogen-bond acceptors (Lipinski definition) is 3. The minimum Gasteiger partial charge on any atom is -0.387 e. The third kappa shape index (κ3) is 3.21. The van der Waals surface area contributed by atoms with E-state index in [1.807, 2.05) is 23.9 Å². The lowest BCUT2D eigenvalue weighted by Gasteiger charge is -2.13. The molecule has 2 nitrogen and oxygen atoms in total. The molecule has 0 aliphatic heterocycles. The molecule has 1 fully saturated rings. The highest BCUT2D eigenvalue weighted by Gasteiger charge is 2.17. The Labute approximate surface area is 95.1 Å². The molecule has 1 atom stereocenters. The van der Waals surface area contributed by atoms with Gasteiger partial charge in [0.1, 0.15) is 0 Å². The molecule has 2 rings (SSSR count). The van der Waals surface area contributed by atoms with Crippen LogP contribution in [0.1, 0.15) is 37.4 Å². The van der Waals surface area contributed by atoms with E-state index >= 15 is 0 Å². The van der Waals surface area contributed by atoms with E-state index in [0.717, 1.165) is 16.6 Å². The minimum atomic E-state index is -0.357. The van der Waals surface area contributed by atoms with Crippen LogP contribution < -0.4 is 0 Å². The van der Waals surface area contributed by atoms with Crippen LogP contribution in [0.3, 0.4) is 0 Å². The Morgan fingerprint density at radius 3 is 2.93 bits per heavy atom. The Hall–Kier alpha value is -0.540. The first-order valence-corrected chi connectivity index (χ1v) is 6.61. The summed E-state index contributed by atoms with van der Waals surface area (Å²) in [6, 6.07) is 3.81. The summed E-state index contributed by atoms with van der Waals surface area (Å²) >= 11 is 1.91. The highest BCUT2D eigenvalue weighted by atomic mass is 32.2. The fraction of sp³-hybridized carbons (Fsp3) is 0.583. The molecule has 1 N–H and O–H groups in total. The summed E-state index contributed by atoms with van der Waals surface area (Å²) in [6.45, 7) is 0. The number of thioether (sulfide) groups is 1. The van der Waals surface area contributed by atoms with Gasteiger partial charge in [-0.15, -0.1) is 0 Å². The second-order valence-corrected chi connectivity index (χ2v) is 5.38. The normalized spacial score (nSPS) is 19.3. The van der Waals surface area contributed by atoms with Crippen molar-refractivity contribution in [2.45, 2.75) is 37.0 Å². The van der Waals surface area contributed by atoms with E-state index in [9.17, 15) is 5.11 Å². The molecule has 0 aromatic carbocycles. The summed E-state index contributed by atoms with van der Waals surface area (Å²) in [6.07, 6.45) is 8.50. The molecule has 1 aliphatic carbocycles. The third-order valence-corrected chi connectivity index (χ3v) is 4.31. The van der Waals surface area contributed by atoms with Crippen LogP contribution in [0, 0.1) is 0 Å². The van der Waals surface area contributed by atoms with Crippen LogP contribution in [-0.2, 0) is 0 Å². The molecule has 1 unspecified atom stereocenters. The molecule has 1 aromatic heterocycles. The van der Waals surface area contributed by atoms with Gasteiger partial charge < -0.3 is 5.11 Å². The maximum Gasteiger partial charge on any atom is 0.0895 e. The van der Waals surface area contributed by atoms with Crippen molar-refractivity contribution < 1.29 is 5.11 Å². The van der Waals surface area contributed by atoms with Gasteiger partial charge in [-0.25, -0.2) is 0 Å². The fourth-order valence-electron chi connectivity index (χ4n) is 1.95. The van der Waals surface area contributed by atoms with Crippen LogP contribution in [0.2, 0.25) is 0 Å². The topological polar surface area (TPSA) is 33.1 Å². The lowest BCUT2D eigenvalue weighted by Crippen LogP contribution is -2.05. The fourth-order valence-corrected chi connectivity index (χ4v) is 3.27. The number of hydrogen-bond donors (Lipinski definition) is 1. The molecule has 1 aromatic rings. The van der Waals surface area contributed by atoms with Crippen molar-refractivity contribution in [1.82, 2.24) is 4.98 Å². The number of aromatic nitrogens is 1. The first kappa shape index (κ1) is 11.0. The molecule has 0 radical (unpaired) electrons. The molecule has 15 heavy (non-hydrogen) atoms. The van der Waals surface area contributed by atoms with Crippen molar-refractivity contribution in [1.29, 1.82) is 0 Å². The number of pyridine rings is 1. The lowest BCUT2D eigenvalue weighted by molar-refractivity contribution is 0.203. The third-order valence-electron chi connectivity index (χ3n) is 2.86. The minimum absolute atomic E-state index is 0.357. The molecule has 0 bridgehead atoms. The highest BCUT2D eigenvalue weighted by Crippen LogP contribution is 2.31. The van der Waals surface area contributed by atoms with Crippen molar-refractivity contribution in [3.63, 3.8) is 0 Å². The maximum atomic E-state index is 9.92. The molecule has 0 amide bonds. The van der Waals surface area contributed by atoms with Gasteiger partial charge in [0.2, 0.25) is 0 Å². The molecular formula is C12H17NOS. The van der Waals surface area contributed by atoms with E-state index in [1.165, 1.54) is 25.7 Å². The summed E-state index contributed by atoms with van der Waals surface area (Å²) in [5.41, 5.74) is 0.933. The first-order valence-electron chi connectivity index (χ1n) is 5.56. The average molecular weight is 223 g/mol. The smallest absolute Gasteiger partial charge is 0.0895 e. The van der Waals surface area contributed by atoms with Gasteiger partial charge >= 0.3 is 0 Å². The van der Waals surface area contributed by atoms with Gasteiger partial charge in [-0.05, 0) is 24.5 Å². The van der Waals surface area contributed by atoms with Crippen molar-refractivity contribution in [3.05, 3.63) is 30.1 Å². The van der Waals surface area contributed by atoms with Crippen LogP contribution in [-0.4, -0.2) is 21.1 Å². The Balaban J connectivity index is 1.79. The summed E-state index contributed by atoms with van der Waals surface area (Å²) in [4.78, 5) is 4.02. The van der Waals surface area contributed by atoms with E-state index in [4.69, 9.17) is 0 Å². The largest absolute Gasteiger partial charge is 0.387 e.